The summed E-state index contributed by atoms with van der Waals surface area (Å²) in [5.41, 5.74) is 0. The molecule has 7 heteroatoms. The molecule has 0 aliphatic rings. The van der Waals surface area contributed by atoms with Crippen molar-refractivity contribution >= 4 is 0 Å². The molecule has 0 aromatic heterocycles. The van der Waals surface area contributed by atoms with Crippen molar-refractivity contribution in [2.24, 2.45) is 0 Å². The largest absolute Gasteiger partial charge is 0.314 e. The van der Waals surface area contributed by atoms with E-state index in [-0.39, 0.29) is 0 Å². The van der Waals surface area contributed by atoms with Crippen molar-refractivity contribution in [2.75, 3.05) is 58.9 Å². The molecule has 7 nitrogen and oxygen atoms in total. The van der Waals surface area contributed by atoms with E-state index in [1.807, 2.05) is 0 Å². The lowest BCUT2D eigenvalue weighted by molar-refractivity contribution is 0.285. The molecule has 22 heavy (non-hydrogen) atoms. The minimum absolute atomic E-state index is 0.506. The molecule has 0 aliphatic heterocycles. The Morgan fingerprint density at radius 1 is 0.545 bits per heavy atom. The Morgan fingerprint density at radius 2 is 1.00 bits per heavy atom. The highest BCUT2D eigenvalue weighted by Crippen LogP contribution is 1.92. The van der Waals surface area contributed by atoms with E-state index in [1.165, 1.54) is 0 Å². The van der Waals surface area contributed by atoms with Crippen molar-refractivity contribution in [3.63, 3.8) is 0 Å². The van der Waals surface area contributed by atoms with Gasteiger partial charge < -0.3 is 20.9 Å². The molecule has 0 unspecified atom stereocenters. The van der Waals surface area contributed by atoms with Crippen molar-refractivity contribution in [3.05, 3.63) is 0 Å². The van der Waals surface area contributed by atoms with Gasteiger partial charge in [-0.3, -0.25) is 0 Å². The molecule has 3 N–H and O–H groups in total. The third kappa shape index (κ3) is 14.7. The van der Waals surface area contributed by atoms with E-state index >= 15 is 0 Å². The molecular weight excluding hydrogens is 278 g/mol. The number of nitriles is 3. The SMILES string of the molecule is N#CCCNCCNCCNCCN(CCC#N)CCC#N. The fraction of sp³-hybridized carbons (Fsp3) is 0.800. The van der Waals surface area contributed by atoms with E-state index in [1.54, 1.807) is 0 Å². The number of nitrogens with one attached hydrogen (secondary N) is 3. The fourth-order valence-corrected chi connectivity index (χ4v) is 1.86. The van der Waals surface area contributed by atoms with Gasteiger partial charge in [-0.15, -0.1) is 0 Å². The Morgan fingerprint density at radius 3 is 1.50 bits per heavy atom. The van der Waals surface area contributed by atoms with E-state index < -0.39 is 0 Å². The number of rotatable bonds is 15. The third-order valence-electron chi connectivity index (χ3n) is 3.06. The number of hydrogen-bond donors (Lipinski definition) is 3. The first-order valence-corrected chi connectivity index (χ1v) is 7.80. The van der Waals surface area contributed by atoms with Crippen molar-refractivity contribution in [3.8, 4) is 18.2 Å². The Balaban J connectivity index is 3.40. The summed E-state index contributed by atoms with van der Waals surface area (Å²) in [6, 6.07) is 6.37. The van der Waals surface area contributed by atoms with Gasteiger partial charge >= 0.3 is 0 Å². The standard InChI is InChI=1S/C15H27N7/c16-4-1-7-19-8-9-20-10-11-21-12-15-22(13-2-5-17)14-3-6-18/h19-21H,1-3,7-15H2. The van der Waals surface area contributed by atoms with E-state index in [0.717, 1.165) is 58.9 Å². The summed E-state index contributed by atoms with van der Waals surface area (Å²) in [7, 11) is 0. The van der Waals surface area contributed by atoms with Crippen molar-refractivity contribution in [1.82, 2.24) is 20.9 Å². The van der Waals surface area contributed by atoms with Crippen LogP contribution in [0, 0.1) is 34.0 Å². The lowest BCUT2D eigenvalue weighted by Gasteiger charge is -2.19. The molecule has 0 bridgehead atoms. The minimum Gasteiger partial charge on any atom is -0.314 e. The quantitative estimate of drug-likeness (QED) is 0.359. The van der Waals surface area contributed by atoms with Crippen LogP contribution in [-0.2, 0) is 0 Å². The predicted molar refractivity (Wildman–Crippen MR) is 85.7 cm³/mol. The summed E-state index contributed by atoms with van der Waals surface area (Å²) in [5, 5.41) is 35.4. The van der Waals surface area contributed by atoms with Crippen LogP contribution in [0.3, 0.4) is 0 Å². The smallest absolute Gasteiger partial charge is 0.0635 e. The van der Waals surface area contributed by atoms with Gasteiger partial charge in [0.1, 0.15) is 0 Å². The summed E-state index contributed by atoms with van der Waals surface area (Å²) in [5.74, 6) is 0. The van der Waals surface area contributed by atoms with Crippen LogP contribution in [0.5, 0.6) is 0 Å². The molecule has 0 fully saturated rings. The van der Waals surface area contributed by atoms with Crippen LogP contribution in [0.15, 0.2) is 0 Å². The highest BCUT2D eigenvalue weighted by molar-refractivity contribution is 4.76. The zero-order chi connectivity index (χ0) is 16.3. The van der Waals surface area contributed by atoms with Gasteiger partial charge in [-0.05, 0) is 0 Å². The molecule has 0 rings (SSSR count). The lowest BCUT2D eigenvalue weighted by atomic mass is 10.3. The average Bonchev–Trinajstić information content (AvgIpc) is 2.54. The van der Waals surface area contributed by atoms with Crippen LogP contribution in [0.2, 0.25) is 0 Å². The van der Waals surface area contributed by atoms with Gasteiger partial charge in [-0.1, -0.05) is 0 Å². The predicted octanol–water partition coefficient (Wildman–Crippen LogP) is -0.202. The van der Waals surface area contributed by atoms with Crippen molar-refractivity contribution in [2.45, 2.75) is 19.3 Å². The molecule has 0 aromatic carbocycles. The molecule has 122 valence electrons. The summed E-state index contributed by atoms with van der Waals surface area (Å²) < 4.78 is 0. The molecule has 0 saturated carbocycles. The molecule has 0 radical (unpaired) electrons. The molecule has 0 amide bonds. The normalized spacial score (nSPS) is 10.1. The van der Waals surface area contributed by atoms with Crippen molar-refractivity contribution < 1.29 is 0 Å². The Kier molecular flexibility index (Phi) is 16.0. The second-order valence-electron chi connectivity index (χ2n) is 4.82. The Labute approximate surface area is 133 Å². The molecule has 0 aliphatic carbocycles. The highest BCUT2D eigenvalue weighted by atomic mass is 15.1. The first-order chi connectivity index (χ1) is 10.8. The number of nitrogens with zero attached hydrogens (tertiary/aromatic N) is 4. The van der Waals surface area contributed by atoms with Gasteiger partial charge in [0, 0.05) is 78.2 Å². The van der Waals surface area contributed by atoms with Crippen LogP contribution in [0.1, 0.15) is 19.3 Å². The maximum absolute atomic E-state index is 8.61. The average molecular weight is 305 g/mol. The van der Waals surface area contributed by atoms with E-state index in [0.29, 0.717) is 19.3 Å². The van der Waals surface area contributed by atoms with Gasteiger partial charge in [0.05, 0.1) is 18.2 Å². The second-order valence-corrected chi connectivity index (χ2v) is 4.82. The Bertz CT molecular complexity index is 346. The van der Waals surface area contributed by atoms with Gasteiger partial charge in [-0.25, -0.2) is 0 Å². The third-order valence-corrected chi connectivity index (χ3v) is 3.06. The van der Waals surface area contributed by atoms with Crippen LogP contribution >= 0.6 is 0 Å². The lowest BCUT2D eigenvalue weighted by Crippen LogP contribution is -2.37. The summed E-state index contributed by atoms with van der Waals surface area (Å²) in [6.45, 7) is 7.48. The second kappa shape index (κ2) is 17.4. The molecular formula is C15H27N7. The number of hydrogen-bond acceptors (Lipinski definition) is 7. The highest BCUT2D eigenvalue weighted by Gasteiger charge is 2.03. The van der Waals surface area contributed by atoms with E-state index in [4.69, 9.17) is 15.8 Å². The van der Waals surface area contributed by atoms with Gasteiger partial charge in [-0.2, -0.15) is 15.8 Å². The first-order valence-electron chi connectivity index (χ1n) is 7.80. The summed E-state index contributed by atoms with van der Waals surface area (Å²) >= 11 is 0. The van der Waals surface area contributed by atoms with Crippen LogP contribution < -0.4 is 16.0 Å². The Hall–Kier alpha value is -1.69. The van der Waals surface area contributed by atoms with Crippen LogP contribution in [0.25, 0.3) is 0 Å². The van der Waals surface area contributed by atoms with Crippen molar-refractivity contribution in [1.29, 1.82) is 15.8 Å². The zero-order valence-corrected chi connectivity index (χ0v) is 13.3. The maximum atomic E-state index is 8.61. The van der Waals surface area contributed by atoms with E-state index in [9.17, 15) is 0 Å². The van der Waals surface area contributed by atoms with E-state index in [2.05, 4.69) is 39.1 Å². The summed E-state index contributed by atoms with van der Waals surface area (Å²) in [6.07, 6.45) is 1.56. The minimum atomic E-state index is 0.506. The van der Waals surface area contributed by atoms with Gasteiger partial charge in [0.25, 0.3) is 0 Å². The molecule has 0 saturated heterocycles. The van der Waals surface area contributed by atoms with Crippen LogP contribution in [-0.4, -0.2) is 63.8 Å². The molecule has 0 heterocycles. The zero-order valence-electron chi connectivity index (χ0n) is 13.3. The fourth-order valence-electron chi connectivity index (χ4n) is 1.86. The molecule has 0 spiro atoms. The first kappa shape index (κ1) is 20.3. The topological polar surface area (TPSA) is 111 Å². The summed E-state index contributed by atoms with van der Waals surface area (Å²) in [4.78, 5) is 2.14. The molecule has 0 atom stereocenters. The molecule has 0 aromatic rings. The van der Waals surface area contributed by atoms with Crippen LogP contribution in [0.4, 0.5) is 0 Å². The van der Waals surface area contributed by atoms with Gasteiger partial charge in [0.15, 0.2) is 0 Å². The van der Waals surface area contributed by atoms with Gasteiger partial charge in [0.2, 0.25) is 0 Å². The monoisotopic (exact) mass is 305 g/mol. The maximum Gasteiger partial charge on any atom is 0.0635 e.